The van der Waals surface area contributed by atoms with Crippen LogP contribution in [0.15, 0.2) is 132 Å². The Bertz CT molecular complexity index is 1360. The van der Waals surface area contributed by atoms with Crippen LogP contribution in [0.2, 0.25) is 0 Å². The van der Waals surface area contributed by atoms with Crippen LogP contribution in [0.3, 0.4) is 0 Å². The molecule has 3 aliphatic heterocycles. The van der Waals surface area contributed by atoms with Crippen LogP contribution >= 0.6 is 15.8 Å². The standard InChI is InChI=1S/C36H32O3P2/c37-35-33(40-29(25-13-5-1-6-14-25)21-22-30(40)26-15-7-2-8-16-26)34(36(38)39-35)41-31(27-17-9-3-10-18-27)23-24-32(41)28-19-11-4-12-20-28/h1-20,29-32H,21-24H2/t29-,30?,31-,32?,40?,41?/m0/s1. The van der Waals surface area contributed by atoms with Crippen molar-refractivity contribution in [3.63, 3.8) is 0 Å². The molecule has 7 rings (SSSR count). The van der Waals surface area contributed by atoms with Crippen LogP contribution in [0.1, 0.15) is 70.6 Å². The summed E-state index contributed by atoms with van der Waals surface area (Å²) in [6, 6.07) is 42.4. The number of carbonyl (C=O) groups excluding carboxylic acids is 2. The van der Waals surface area contributed by atoms with Crippen LogP contribution in [-0.2, 0) is 14.3 Å². The van der Waals surface area contributed by atoms with Crippen molar-refractivity contribution in [3.8, 4) is 0 Å². The maximum absolute atomic E-state index is 13.9. The van der Waals surface area contributed by atoms with Gasteiger partial charge in [-0.25, -0.2) is 9.59 Å². The van der Waals surface area contributed by atoms with E-state index in [2.05, 4.69) is 97.1 Å². The fourth-order valence-corrected chi connectivity index (χ4v) is 14.8. The van der Waals surface area contributed by atoms with Gasteiger partial charge in [-0.3, -0.25) is 0 Å². The minimum absolute atomic E-state index is 0.211. The Labute approximate surface area is 244 Å². The molecule has 0 aliphatic carbocycles. The van der Waals surface area contributed by atoms with Crippen molar-refractivity contribution >= 4 is 27.8 Å². The quantitative estimate of drug-likeness (QED) is 0.131. The van der Waals surface area contributed by atoms with E-state index in [1.807, 2.05) is 24.3 Å². The molecular formula is C36H32O3P2. The van der Waals surface area contributed by atoms with Crippen molar-refractivity contribution in [2.24, 2.45) is 0 Å². The van der Waals surface area contributed by atoms with Crippen LogP contribution in [0.5, 0.6) is 0 Å². The Morgan fingerprint density at radius 3 is 0.902 bits per heavy atom. The van der Waals surface area contributed by atoms with Gasteiger partial charge in [0.15, 0.2) is 0 Å². The molecule has 3 heterocycles. The van der Waals surface area contributed by atoms with Gasteiger partial charge in [0.25, 0.3) is 0 Å². The van der Waals surface area contributed by atoms with E-state index in [-0.39, 0.29) is 22.6 Å². The van der Waals surface area contributed by atoms with Gasteiger partial charge in [0.2, 0.25) is 0 Å². The first kappa shape index (κ1) is 26.5. The second-order valence-electron chi connectivity index (χ2n) is 11.0. The zero-order chi connectivity index (χ0) is 27.8. The maximum atomic E-state index is 13.9. The number of rotatable bonds is 6. The molecule has 0 saturated carbocycles. The second kappa shape index (κ2) is 11.5. The van der Waals surface area contributed by atoms with E-state index >= 15 is 0 Å². The molecule has 3 nitrogen and oxygen atoms in total. The Balaban J connectivity index is 1.43. The molecule has 2 fully saturated rings. The third-order valence-electron chi connectivity index (χ3n) is 8.82. The van der Waals surface area contributed by atoms with Crippen LogP contribution in [0.4, 0.5) is 0 Å². The minimum atomic E-state index is -1.02. The number of benzene rings is 4. The van der Waals surface area contributed by atoms with E-state index in [1.54, 1.807) is 0 Å². The van der Waals surface area contributed by atoms with Crippen molar-refractivity contribution in [1.29, 1.82) is 0 Å². The summed E-state index contributed by atoms with van der Waals surface area (Å²) in [6.45, 7) is 0. The number of hydrogen-bond donors (Lipinski definition) is 0. The fraction of sp³-hybridized carbons (Fsp3) is 0.222. The summed E-state index contributed by atoms with van der Waals surface area (Å²) in [5.74, 6) is -0.791. The summed E-state index contributed by atoms with van der Waals surface area (Å²) in [6.07, 6.45) is 3.98. The predicted octanol–water partition coefficient (Wildman–Crippen LogP) is 9.80. The topological polar surface area (TPSA) is 43.4 Å². The van der Waals surface area contributed by atoms with Gasteiger partial charge in [-0.15, -0.1) is 0 Å². The lowest BCUT2D eigenvalue weighted by molar-refractivity contribution is -0.150. The molecule has 0 aromatic heterocycles. The molecule has 4 aromatic rings. The zero-order valence-electron chi connectivity index (χ0n) is 22.8. The number of cyclic esters (lactones) is 2. The zero-order valence-corrected chi connectivity index (χ0v) is 24.6. The monoisotopic (exact) mass is 574 g/mol. The van der Waals surface area contributed by atoms with Crippen LogP contribution in [0, 0.1) is 0 Å². The SMILES string of the molecule is O=C1OC(=O)C(P2C(c3ccccc3)CC[C@H]2c2ccccc2)=C1P1C(c2ccccc2)CC[C@H]1c1ccccc1. The highest BCUT2D eigenvalue weighted by Gasteiger charge is 2.52. The van der Waals surface area contributed by atoms with Crippen molar-refractivity contribution < 1.29 is 14.3 Å². The smallest absolute Gasteiger partial charge is 0.347 e. The van der Waals surface area contributed by atoms with Gasteiger partial charge in [0.1, 0.15) is 0 Å². The van der Waals surface area contributed by atoms with Crippen LogP contribution < -0.4 is 0 Å². The Kier molecular flexibility index (Phi) is 7.42. The van der Waals surface area contributed by atoms with Gasteiger partial charge in [-0.05, 0) is 47.9 Å². The summed E-state index contributed by atoms with van der Waals surface area (Å²) in [5, 5.41) is 1.44. The third-order valence-corrected chi connectivity index (χ3v) is 15.8. The minimum Gasteiger partial charge on any atom is -0.386 e. The van der Waals surface area contributed by atoms with Gasteiger partial charge in [0, 0.05) is 22.6 Å². The summed E-state index contributed by atoms with van der Waals surface area (Å²) in [5.41, 5.74) is 5.88. The van der Waals surface area contributed by atoms with E-state index in [9.17, 15) is 9.59 Å². The normalized spacial score (nSPS) is 27.8. The molecule has 41 heavy (non-hydrogen) atoms. The summed E-state index contributed by atoms with van der Waals surface area (Å²) < 4.78 is 5.63. The number of ether oxygens (including phenoxy) is 1. The fourth-order valence-electron chi connectivity index (χ4n) is 7.09. The first-order valence-electron chi connectivity index (χ1n) is 14.5. The molecule has 3 aliphatic rings. The van der Waals surface area contributed by atoms with E-state index in [0.717, 1.165) is 36.3 Å². The average Bonchev–Trinajstić information content (AvgIpc) is 3.73. The van der Waals surface area contributed by atoms with E-state index < -0.39 is 27.8 Å². The summed E-state index contributed by atoms with van der Waals surface area (Å²) in [7, 11) is -2.05. The molecule has 5 heteroatoms. The molecular weight excluding hydrogens is 542 g/mol. The Morgan fingerprint density at radius 2 is 0.659 bits per heavy atom. The molecule has 4 aromatic carbocycles. The Hall–Kier alpha value is -3.38. The van der Waals surface area contributed by atoms with E-state index in [4.69, 9.17) is 4.74 Å². The van der Waals surface area contributed by atoms with Crippen molar-refractivity contribution in [1.82, 2.24) is 0 Å². The largest absolute Gasteiger partial charge is 0.386 e. The van der Waals surface area contributed by atoms with Crippen molar-refractivity contribution in [2.45, 2.75) is 48.3 Å². The maximum Gasteiger partial charge on any atom is 0.347 e. The molecule has 0 N–H and O–H groups in total. The third kappa shape index (κ3) is 4.90. The van der Waals surface area contributed by atoms with E-state index in [0.29, 0.717) is 0 Å². The first-order chi connectivity index (χ1) is 20.2. The highest BCUT2D eigenvalue weighted by Crippen LogP contribution is 2.81. The second-order valence-corrected chi connectivity index (χ2v) is 16.1. The average molecular weight is 575 g/mol. The first-order valence-corrected chi connectivity index (χ1v) is 17.4. The molecule has 0 radical (unpaired) electrons. The van der Waals surface area contributed by atoms with Crippen molar-refractivity contribution in [3.05, 3.63) is 154 Å². The molecule has 2 saturated heterocycles. The molecule has 4 unspecified atom stereocenters. The lowest BCUT2D eigenvalue weighted by Gasteiger charge is -2.31. The van der Waals surface area contributed by atoms with Crippen LogP contribution in [0.25, 0.3) is 0 Å². The predicted molar refractivity (Wildman–Crippen MR) is 167 cm³/mol. The highest BCUT2D eigenvalue weighted by molar-refractivity contribution is 7.69. The van der Waals surface area contributed by atoms with Crippen molar-refractivity contribution in [2.75, 3.05) is 0 Å². The molecule has 0 amide bonds. The summed E-state index contributed by atoms with van der Waals surface area (Å²) >= 11 is 0. The van der Waals surface area contributed by atoms with Gasteiger partial charge < -0.3 is 4.74 Å². The van der Waals surface area contributed by atoms with Gasteiger partial charge in [-0.2, -0.15) is 0 Å². The Morgan fingerprint density at radius 1 is 0.415 bits per heavy atom. The lowest BCUT2D eigenvalue weighted by Crippen LogP contribution is -2.05. The van der Waals surface area contributed by atoms with Crippen LogP contribution in [-0.4, -0.2) is 11.9 Å². The number of carbonyl (C=O) groups is 2. The van der Waals surface area contributed by atoms with Gasteiger partial charge in [0.05, 0.1) is 10.6 Å². The van der Waals surface area contributed by atoms with E-state index in [1.165, 1.54) is 22.3 Å². The molecule has 204 valence electrons. The van der Waals surface area contributed by atoms with Gasteiger partial charge >= 0.3 is 11.9 Å². The number of hydrogen-bond acceptors (Lipinski definition) is 3. The molecule has 0 spiro atoms. The lowest BCUT2D eigenvalue weighted by atomic mass is 10.0. The molecule has 0 bridgehead atoms. The highest BCUT2D eigenvalue weighted by atomic mass is 31.1. The molecule has 6 atom stereocenters. The summed E-state index contributed by atoms with van der Waals surface area (Å²) in [4.78, 5) is 27.8. The van der Waals surface area contributed by atoms with Gasteiger partial charge in [-0.1, -0.05) is 137 Å². The number of esters is 2.